The maximum Gasteiger partial charge on any atom is 0.136 e. The largest absolute Gasteiger partial charge is 0.324 e. The number of halogens is 1. The van der Waals surface area contributed by atoms with Crippen molar-refractivity contribution in [3.63, 3.8) is 0 Å². The second kappa shape index (κ2) is 2.45. The first-order valence-electron chi connectivity index (χ1n) is 4.01. The van der Waals surface area contributed by atoms with Crippen molar-refractivity contribution in [1.82, 2.24) is 0 Å². The van der Waals surface area contributed by atoms with E-state index < -0.39 is 5.67 Å². The number of alkyl halides is 1. The number of hydrogen-bond donors (Lipinski definition) is 2. The van der Waals surface area contributed by atoms with Crippen molar-refractivity contribution in [3.8, 4) is 0 Å². The van der Waals surface area contributed by atoms with Gasteiger partial charge in [0.1, 0.15) is 5.67 Å². The van der Waals surface area contributed by atoms with Gasteiger partial charge in [-0.25, -0.2) is 4.39 Å². The van der Waals surface area contributed by atoms with Crippen molar-refractivity contribution in [3.05, 3.63) is 29.8 Å². The third-order valence-corrected chi connectivity index (χ3v) is 2.24. The molecular formula is C9H11FN2. The van der Waals surface area contributed by atoms with Gasteiger partial charge >= 0.3 is 0 Å². The van der Waals surface area contributed by atoms with Crippen LogP contribution in [0.25, 0.3) is 0 Å². The van der Waals surface area contributed by atoms with Gasteiger partial charge in [-0.15, -0.1) is 0 Å². The van der Waals surface area contributed by atoms with Crippen molar-refractivity contribution in [1.29, 1.82) is 0 Å². The second-order valence-corrected chi connectivity index (χ2v) is 3.19. The van der Waals surface area contributed by atoms with E-state index in [0.717, 1.165) is 11.3 Å². The average molecular weight is 166 g/mol. The van der Waals surface area contributed by atoms with Crippen molar-refractivity contribution in [2.75, 3.05) is 5.43 Å². The Balaban J connectivity index is 2.32. The van der Waals surface area contributed by atoms with Crippen LogP contribution in [0.4, 0.5) is 10.1 Å². The molecule has 0 amide bonds. The summed E-state index contributed by atoms with van der Waals surface area (Å²) in [5, 5.41) is 0. The van der Waals surface area contributed by atoms with E-state index in [-0.39, 0.29) is 0 Å². The SMILES string of the molecule is NNc1cccc(C2(F)CC2)c1. The molecule has 0 unspecified atom stereocenters. The molecule has 1 aliphatic carbocycles. The minimum absolute atomic E-state index is 0.640. The van der Waals surface area contributed by atoms with Crippen molar-refractivity contribution in [2.24, 2.45) is 5.84 Å². The van der Waals surface area contributed by atoms with Crippen LogP contribution in [0.5, 0.6) is 0 Å². The predicted octanol–water partition coefficient (Wildman–Crippen LogP) is 1.93. The normalized spacial score (nSPS) is 18.8. The Labute approximate surface area is 70.5 Å². The lowest BCUT2D eigenvalue weighted by molar-refractivity contribution is 0.317. The standard InChI is InChI=1S/C9H11FN2/c10-9(4-5-9)7-2-1-3-8(6-7)12-11/h1-3,6,12H,4-5,11H2. The van der Waals surface area contributed by atoms with Crippen LogP contribution in [0.2, 0.25) is 0 Å². The zero-order valence-corrected chi connectivity index (χ0v) is 6.68. The number of benzene rings is 1. The Morgan fingerprint density at radius 2 is 2.17 bits per heavy atom. The summed E-state index contributed by atoms with van der Waals surface area (Å²) in [7, 11) is 0. The molecule has 0 radical (unpaired) electrons. The van der Waals surface area contributed by atoms with E-state index in [1.165, 1.54) is 0 Å². The van der Waals surface area contributed by atoms with Gasteiger partial charge in [0, 0.05) is 5.69 Å². The molecule has 0 heterocycles. The Kier molecular flexibility index (Phi) is 1.54. The van der Waals surface area contributed by atoms with Gasteiger partial charge in [0.25, 0.3) is 0 Å². The maximum atomic E-state index is 13.5. The lowest BCUT2D eigenvalue weighted by atomic mass is 10.1. The molecule has 0 aromatic heterocycles. The molecule has 0 atom stereocenters. The van der Waals surface area contributed by atoms with Crippen LogP contribution in [0, 0.1) is 0 Å². The summed E-state index contributed by atoms with van der Waals surface area (Å²) >= 11 is 0. The lowest BCUT2D eigenvalue weighted by Crippen LogP contribution is -2.07. The first-order valence-corrected chi connectivity index (χ1v) is 4.01. The van der Waals surface area contributed by atoms with Gasteiger partial charge in [0.2, 0.25) is 0 Å². The molecule has 2 nitrogen and oxygen atoms in total. The highest BCUT2D eigenvalue weighted by atomic mass is 19.1. The molecule has 1 saturated carbocycles. The van der Waals surface area contributed by atoms with Crippen LogP contribution < -0.4 is 11.3 Å². The monoisotopic (exact) mass is 166 g/mol. The molecule has 1 aromatic rings. The van der Waals surface area contributed by atoms with Gasteiger partial charge in [-0.1, -0.05) is 12.1 Å². The highest BCUT2D eigenvalue weighted by molar-refractivity contribution is 5.47. The molecule has 0 spiro atoms. The Morgan fingerprint density at radius 3 is 2.75 bits per heavy atom. The third-order valence-electron chi connectivity index (χ3n) is 2.24. The van der Waals surface area contributed by atoms with Gasteiger partial charge in [-0.05, 0) is 30.5 Å². The van der Waals surface area contributed by atoms with Crippen LogP contribution in [-0.4, -0.2) is 0 Å². The van der Waals surface area contributed by atoms with Crippen LogP contribution in [0.3, 0.4) is 0 Å². The number of rotatable bonds is 2. The van der Waals surface area contributed by atoms with Crippen molar-refractivity contribution >= 4 is 5.69 Å². The molecule has 12 heavy (non-hydrogen) atoms. The highest BCUT2D eigenvalue weighted by Crippen LogP contribution is 2.49. The zero-order valence-electron chi connectivity index (χ0n) is 6.68. The zero-order chi connectivity index (χ0) is 8.60. The molecule has 1 aliphatic rings. The first-order chi connectivity index (χ1) is 5.74. The number of hydrogen-bond acceptors (Lipinski definition) is 2. The minimum Gasteiger partial charge on any atom is -0.324 e. The molecule has 1 fully saturated rings. The van der Waals surface area contributed by atoms with Crippen molar-refractivity contribution < 1.29 is 4.39 Å². The van der Waals surface area contributed by atoms with Crippen LogP contribution in [-0.2, 0) is 5.67 Å². The Morgan fingerprint density at radius 1 is 1.42 bits per heavy atom. The molecule has 64 valence electrons. The molecule has 3 N–H and O–H groups in total. The van der Waals surface area contributed by atoms with E-state index in [0.29, 0.717) is 12.8 Å². The quantitative estimate of drug-likeness (QED) is 0.520. The molecule has 0 aliphatic heterocycles. The van der Waals surface area contributed by atoms with Gasteiger partial charge < -0.3 is 5.43 Å². The van der Waals surface area contributed by atoms with Crippen molar-refractivity contribution in [2.45, 2.75) is 18.5 Å². The summed E-state index contributed by atoms with van der Waals surface area (Å²) in [6.45, 7) is 0. The van der Waals surface area contributed by atoms with E-state index in [4.69, 9.17) is 5.84 Å². The molecule has 3 heteroatoms. The number of nitrogen functional groups attached to an aromatic ring is 1. The molecule has 1 aromatic carbocycles. The highest BCUT2D eigenvalue weighted by Gasteiger charge is 2.44. The number of nitrogens with one attached hydrogen (secondary N) is 1. The third kappa shape index (κ3) is 1.16. The van der Waals surface area contributed by atoms with E-state index in [9.17, 15) is 4.39 Å². The fraction of sp³-hybridized carbons (Fsp3) is 0.333. The summed E-state index contributed by atoms with van der Waals surface area (Å²) in [4.78, 5) is 0. The van der Waals surface area contributed by atoms with Gasteiger partial charge in [-0.2, -0.15) is 0 Å². The molecule has 0 saturated heterocycles. The molecular weight excluding hydrogens is 155 g/mol. The number of nitrogens with two attached hydrogens (primary N) is 1. The minimum atomic E-state index is -1.06. The van der Waals surface area contributed by atoms with Gasteiger partial charge in [0.05, 0.1) is 0 Å². The Bertz CT molecular complexity index is 294. The summed E-state index contributed by atoms with van der Waals surface area (Å²) in [5.41, 5.74) is 2.93. The van der Waals surface area contributed by atoms with Crippen LogP contribution >= 0.6 is 0 Å². The van der Waals surface area contributed by atoms with Gasteiger partial charge in [-0.3, -0.25) is 5.84 Å². The number of anilines is 1. The average Bonchev–Trinajstić information content (AvgIpc) is 2.85. The number of hydrazine groups is 1. The van der Waals surface area contributed by atoms with Crippen LogP contribution in [0.15, 0.2) is 24.3 Å². The summed E-state index contributed by atoms with van der Waals surface area (Å²) in [6, 6.07) is 7.18. The fourth-order valence-corrected chi connectivity index (χ4v) is 1.29. The first kappa shape index (κ1) is 7.55. The van der Waals surface area contributed by atoms with Gasteiger partial charge in [0.15, 0.2) is 0 Å². The van der Waals surface area contributed by atoms with E-state index in [1.54, 1.807) is 12.1 Å². The summed E-state index contributed by atoms with van der Waals surface area (Å²) < 4.78 is 13.5. The maximum absolute atomic E-state index is 13.5. The van der Waals surface area contributed by atoms with E-state index in [1.807, 2.05) is 12.1 Å². The summed E-state index contributed by atoms with van der Waals surface area (Å²) in [6.07, 6.45) is 1.28. The van der Waals surface area contributed by atoms with Crippen LogP contribution in [0.1, 0.15) is 18.4 Å². The topological polar surface area (TPSA) is 38.0 Å². The van der Waals surface area contributed by atoms with E-state index >= 15 is 0 Å². The molecule has 2 rings (SSSR count). The fourth-order valence-electron chi connectivity index (χ4n) is 1.29. The summed E-state index contributed by atoms with van der Waals surface area (Å²) in [5.74, 6) is 5.21. The smallest absolute Gasteiger partial charge is 0.136 e. The van der Waals surface area contributed by atoms with E-state index in [2.05, 4.69) is 5.43 Å². The molecule has 0 bridgehead atoms. The lowest BCUT2D eigenvalue weighted by Gasteiger charge is -2.06. The second-order valence-electron chi connectivity index (χ2n) is 3.19. The Hall–Kier alpha value is -1.09. The predicted molar refractivity (Wildman–Crippen MR) is 46.3 cm³/mol.